The number of nitrogens with zero attached hydrogens (tertiary/aromatic N) is 3. The Balaban J connectivity index is 1.44. The highest BCUT2D eigenvalue weighted by molar-refractivity contribution is 5.48. The van der Waals surface area contributed by atoms with Crippen LogP contribution in [-0.2, 0) is 4.74 Å². The Labute approximate surface area is 149 Å². The number of hydrogen-bond donors (Lipinski definition) is 1. The van der Waals surface area contributed by atoms with E-state index < -0.39 is 0 Å². The van der Waals surface area contributed by atoms with E-state index >= 15 is 0 Å². The molecule has 0 bridgehead atoms. The fraction of sp³-hybridized carbons (Fsp3) is 0.474. The molecule has 2 heterocycles. The quantitative estimate of drug-likeness (QED) is 0.781. The Morgan fingerprint density at radius 3 is 2.68 bits per heavy atom. The fourth-order valence-corrected chi connectivity index (χ4v) is 2.90. The van der Waals surface area contributed by atoms with E-state index in [1.54, 1.807) is 6.33 Å². The molecule has 1 aliphatic rings. The van der Waals surface area contributed by atoms with E-state index in [-0.39, 0.29) is 0 Å². The summed E-state index contributed by atoms with van der Waals surface area (Å²) in [5.41, 5.74) is 2.36. The lowest BCUT2D eigenvalue weighted by molar-refractivity contribution is 0.122. The summed E-state index contributed by atoms with van der Waals surface area (Å²) in [6, 6.07) is 8.21. The molecule has 1 aromatic carbocycles. The maximum atomic E-state index is 5.93. The fourth-order valence-electron chi connectivity index (χ4n) is 2.90. The first kappa shape index (κ1) is 17.5. The summed E-state index contributed by atoms with van der Waals surface area (Å²) in [4.78, 5) is 10.9. The van der Waals surface area contributed by atoms with Crippen molar-refractivity contribution in [1.29, 1.82) is 0 Å². The number of morpholine rings is 1. The zero-order valence-corrected chi connectivity index (χ0v) is 15.0. The molecule has 1 saturated heterocycles. The summed E-state index contributed by atoms with van der Waals surface area (Å²) in [5.74, 6) is 2.80. The number of para-hydroxylation sites is 1. The molecule has 0 unspecified atom stereocenters. The van der Waals surface area contributed by atoms with Crippen LogP contribution < -0.4 is 15.0 Å². The third-order valence-electron chi connectivity index (χ3n) is 4.27. The number of hydrogen-bond acceptors (Lipinski definition) is 6. The highest BCUT2D eigenvalue weighted by Gasteiger charge is 2.12. The van der Waals surface area contributed by atoms with Crippen molar-refractivity contribution in [2.24, 2.45) is 0 Å². The Bertz CT molecular complexity index is 667. The van der Waals surface area contributed by atoms with Gasteiger partial charge in [-0.25, -0.2) is 9.97 Å². The van der Waals surface area contributed by atoms with Crippen LogP contribution >= 0.6 is 0 Å². The largest absolute Gasteiger partial charge is 0.493 e. The lowest BCUT2D eigenvalue weighted by Gasteiger charge is -2.27. The Morgan fingerprint density at radius 1 is 1.16 bits per heavy atom. The number of ether oxygens (including phenoxy) is 2. The first-order valence-electron chi connectivity index (χ1n) is 8.81. The van der Waals surface area contributed by atoms with Gasteiger partial charge in [0.15, 0.2) is 0 Å². The minimum atomic E-state index is 0.681. The molecule has 1 aromatic heterocycles. The normalized spacial score (nSPS) is 14.4. The van der Waals surface area contributed by atoms with Gasteiger partial charge in [0.05, 0.1) is 19.8 Å². The average Bonchev–Trinajstić information content (AvgIpc) is 2.64. The molecule has 2 aromatic rings. The van der Waals surface area contributed by atoms with E-state index in [1.165, 1.54) is 11.1 Å². The standard InChI is InChI=1S/C19H26N4O2/c1-15-5-3-6-16(2)19(15)25-10-4-7-20-17-13-18(22-14-21-17)23-8-11-24-12-9-23/h3,5-6,13-14H,4,7-12H2,1-2H3,(H,20,21,22). The molecule has 0 saturated carbocycles. The molecule has 1 fully saturated rings. The third-order valence-corrected chi connectivity index (χ3v) is 4.27. The van der Waals surface area contributed by atoms with Crippen LogP contribution in [0, 0.1) is 13.8 Å². The second kappa shape index (κ2) is 8.67. The number of aromatic nitrogens is 2. The van der Waals surface area contributed by atoms with E-state index in [0.29, 0.717) is 6.61 Å². The van der Waals surface area contributed by atoms with Gasteiger partial charge in [-0.3, -0.25) is 0 Å². The number of aryl methyl sites for hydroxylation is 2. The van der Waals surface area contributed by atoms with Crippen molar-refractivity contribution in [1.82, 2.24) is 9.97 Å². The van der Waals surface area contributed by atoms with Gasteiger partial charge in [0.25, 0.3) is 0 Å². The number of anilines is 2. The van der Waals surface area contributed by atoms with E-state index in [9.17, 15) is 0 Å². The van der Waals surface area contributed by atoms with Crippen molar-refractivity contribution < 1.29 is 9.47 Å². The van der Waals surface area contributed by atoms with Gasteiger partial charge < -0.3 is 19.7 Å². The lowest BCUT2D eigenvalue weighted by Crippen LogP contribution is -2.36. The van der Waals surface area contributed by atoms with E-state index in [2.05, 4.69) is 52.2 Å². The summed E-state index contributed by atoms with van der Waals surface area (Å²) in [7, 11) is 0. The molecule has 134 valence electrons. The summed E-state index contributed by atoms with van der Waals surface area (Å²) in [6.07, 6.45) is 2.52. The number of rotatable bonds is 7. The van der Waals surface area contributed by atoms with Gasteiger partial charge in [0.2, 0.25) is 0 Å². The molecule has 0 amide bonds. The molecule has 6 nitrogen and oxygen atoms in total. The van der Waals surface area contributed by atoms with Gasteiger partial charge in [-0.05, 0) is 31.4 Å². The predicted molar refractivity (Wildman–Crippen MR) is 99.6 cm³/mol. The smallest absolute Gasteiger partial charge is 0.134 e. The van der Waals surface area contributed by atoms with Crippen LogP contribution in [0.25, 0.3) is 0 Å². The monoisotopic (exact) mass is 342 g/mol. The van der Waals surface area contributed by atoms with Crippen LogP contribution in [0.3, 0.4) is 0 Å². The second-order valence-corrected chi connectivity index (χ2v) is 6.21. The van der Waals surface area contributed by atoms with Crippen molar-refractivity contribution >= 4 is 11.6 Å². The van der Waals surface area contributed by atoms with Gasteiger partial charge in [0.1, 0.15) is 23.7 Å². The van der Waals surface area contributed by atoms with Crippen LogP contribution in [0.5, 0.6) is 5.75 Å². The molecule has 0 aliphatic carbocycles. The minimum Gasteiger partial charge on any atom is -0.493 e. The topological polar surface area (TPSA) is 59.5 Å². The van der Waals surface area contributed by atoms with Gasteiger partial charge in [-0.2, -0.15) is 0 Å². The van der Waals surface area contributed by atoms with Crippen molar-refractivity contribution in [2.75, 3.05) is 49.7 Å². The molecule has 1 aliphatic heterocycles. The van der Waals surface area contributed by atoms with E-state index in [0.717, 1.165) is 56.7 Å². The predicted octanol–water partition coefficient (Wildman–Crippen LogP) is 2.81. The average molecular weight is 342 g/mol. The molecule has 6 heteroatoms. The molecular weight excluding hydrogens is 316 g/mol. The molecule has 0 radical (unpaired) electrons. The Morgan fingerprint density at radius 2 is 1.92 bits per heavy atom. The van der Waals surface area contributed by atoms with Gasteiger partial charge in [-0.15, -0.1) is 0 Å². The van der Waals surface area contributed by atoms with E-state index in [4.69, 9.17) is 9.47 Å². The zero-order valence-electron chi connectivity index (χ0n) is 15.0. The maximum absolute atomic E-state index is 5.93. The summed E-state index contributed by atoms with van der Waals surface area (Å²) >= 11 is 0. The van der Waals surface area contributed by atoms with Crippen molar-refractivity contribution in [3.05, 3.63) is 41.7 Å². The molecule has 25 heavy (non-hydrogen) atoms. The van der Waals surface area contributed by atoms with Gasteiger partial charge in [0, 0.05) is 25.7 Å². The van der Waals surface area contributed by atoms with Gasteiger partial charge >= 0.3 is 0 Å². The van der Waals surface area contributed by atoms with Crippen molar-refractivity contribution in [3.63, 3.8) is 0 Å². The van der Waals surface area contributed by atoms with Crippen molar-refractivity contribution in [2.45, 2.75) is 20.3 Å². The highest BCUT2D eigenvalue weighted by Crippen LogP contribution is 2.22. The van der Waals surface area contributed by atoms with Crippen LogP contribution in [0.2, 0.25) is 0 Å². The zero-order chi connectivity index (χ0) is 17.5. The minimum absolute atomic E-state index is 0.681. The molecule has 1 N–H and O–H groups in total. The molecular formula is C19H26N4O2. The lowest BCUT2D eigenvalue weighted by atomic mass is 10.1. The molecule has 0 atom stereocenters. The Kier molecular flexibility index (Phi) is 6.06. The second-order valence-electron chi connectivity index (χ2n) is 6.21. The first-order valence-corrected chi connectivity index (χ1v) is 8.81. The summed E-state index contributed by atoms with van der Waals surface area (Å²) in [5, 5.41) is 3.35. The number of benzene rings is 1. The summed E-state index contributed by atoms with van der Waals surface area (Å²) < 4.78 is 11.3. The number of nitrogens with one attached hydrogen (secondary N) is 1. The molecule has 3 rings (SSSR count). The van der Waals surface area contributed by atoms with Gasteiger partial charge in [-0.1, -0.05) is 18.2 Å². The Hall–Kier alpha value is -2.34. The van der Waals surface area contributed by atoms with Crippen molar-refractivity contribution in [3.8, 4) is 5.75 Å². The van der Waals surface area contributed by atoms with E-state index in [1.807, 2.05) is 6.07 Å². The van der Waals surface area contributed by atoms with Crippen LogP contribution in [-0.4, -0.2) is 49.4 Å². The summed E-state index contributed by atoms with van der Waals surface area (Å²) in [6.45, 7) is 8.90. The first-order chi connectivity index (χ1) is 12.2. The van der Waals surface area contributed by atoms with Crippen LogP contribution in [0.1, 0.15) is 17.5 Å². The third kappa shape index (κ3) is 4.82. The van der Waals surface area contributed by atoms with Crippen LogP contribution in [0.4, 0.5) is 11.6 Å². The SMILES string of the molecule is Cc1cccc(C)c1OCCCNc1cc(N2CCOCC2)ncn1. The highest BCUT2D eigenvalue weighted by atomic mass is 16.5. The van der Waals surface area contributed by atoms with Crippen LogP contribution in [0.15, 0.2) is 30.6 Å². The maximum Gasteiger partial charge on any atom is 0.134 e. The molecule has 0 spiro atoms.